The summed E-state index contributed by atoms with van der Waals surface area (Å²) >= 11 is 4.99. The Labute approximate surface area is 119 Å². The molecular weight excluding hydrogens is 314 g/mol. The Morgan fingerprint density at radius 2 is 2.17 bits per heavy atom. The summed E-state index contributed by atoms with van der Waals surface area (Å²) in [6.07, 6.45) is 0. The van der Waals surface area contributed by atoms with Crippen molar-refractivity contribution in [3.8, 4) is 5.75 Å². The normalized spacial score (nSPS) is 10.7. The lowest BCUT2D eigenvalue weighted by Crippen LogP contribution is -2.01. The van der Waals surface area contributed by atoms with Crippen LogP contribution in [0.15, 0.2) is 22.0 Å². The van der Waals surface area contributed by atoms with Gasteiger partial charge in [0, 0.05) is 21.1 Å². The number of rotatable bonds is 4. The molecule has 0 bridgehead atoms. The third-order valence-electron chi connectivity index (χ3n) is 2.49. The fourth-order valence-electron chi connectivity index (χ4n) is 1.73. The van der Waals surface area contributed by atoms with Crippen LogP contribution in [0.1, 0.15) is 21.8 Å². The number of aromatic nitrogens is 1. The molecule has 0 unspecified atom stereocenters. The van der Waals surface area contributed by atoms with Crippen LogP contribution in [-0.2, 0) is 13.2 Å². The van der Waals surface area contributed by atoms with Gasteiger partial charge in [-0.15, -0.1) is 11.3 Å². The zero-order valence-corrected chi connectivity index (χ0v) is 12.6. The second-order valence-corrected chi connectivity index (χ2v) is 5.90. The summed E-state index contributed by atoms with van der Waals surface area (Å²) in [6.45, 7) is 4.33. The number of hydrogen-bond donors (Lipinski definition) is 1. The number of aliphatic hydroxyl groups is 1. The van der Waals surface area contributed by atoms with E-state index in [4.69, 9.17) is 4.74 Å². The molecule has 1 heterocycles. The number of hydrogen-bond acceptors (Lipinski definition) is 4. The van der Waals surface area contributed by atoms with Crippen molar-refractivity contribution in [3.05, 3.63) is 43.8 Å². The van der Waals surface area contributed by atoms with E-state index in [1.54, 1.807) is 11.3 Å². The third kappa shape index (κ3) is 3.10. The number of ether oxygens (including phenoxy) is 1. The van der Waals surface area contributed by atoms with Crippen molar-refractivity contribution in [1.29, 1.82) is 0 Å². The topological polar surface area (TPSA) is 42.4 Å². The third-order valence-corrected chi connectivity index (χ3v) is 3.89. The lowest BCUT2D eigenvalue weighted by atomic mass is 10.1. The molecule has 0 spiro atoms. The average Bonchev–Trinajstić information content (AvgIpc) is 2.73. The van der Waals surface area contributed by atoms with E-state index in [9.17, 15) is 5.11 Å². The zero-order chi connectivity index (χ0) is 13.1. The smallest absolute Gasteiger partial charge is 0.140 e. The van der Waals surface area contributed by atoms with Gasteiger partial charge in [-0.05, 0) is 31.5 Å². The highest BCUT2D eigenvalue weighted by molar-refractivity contribution is 9.10. The second kappa shape index (κ2) is 5.82. The van der Waals surface area contributed by atoms with E-state index in [1.165, 1.54) is 0 Å². The first-order valence-corrected chi connectivity index (χ1v) is 7.21. The number of thiazole rings is 1. The van der Waals surface area contributed by atoms with Crippen molar-refractivity contribution < 1.29 is 9.84 Å². The number of benzene rings is 1. The van der Waals surface area contributed by atoms with Crippen molar-refractivity contribution in [1.82, 2.24) is 4.98 Å². The average molecular weight is 328 g/mol. The Hall–Kier alpha value is -0.910. The van der Waals surface area contributed by atoms with E-state index in [0.717, 1.165) is 32.1 Å². The molecule has 0 aliphatic heterocycles. The van der Waals surface area contributed by atoms with Crippen LogP contribution in [0, 0.1) is 13.8 Å². The van der Waals surface area contributed by atoms with Gasteiger partial charge in [0.2, 0.25) is 0 Å². The van der Waals surface area contributed by atoms with Gasteiger partial charge in [-0.3, -0.25) is 0 Å². The van der Waals surface area contributed by atoms with E-state index < -0.39 is 0 Å². The van der Waals surface area contributed by atoms with Crippen LogP contribution in [0.25, 0.3) is 0 Å². The van der Waals surface area contributed by atoms with Crippen LogP contribution in [-0.4, -0.2) is 10.1 Å². The summed E-state index contributed by atoms with van der Waals surface area (Å²) in [7, 11) is 0. The molecule has 0 atom stereocenters. The van der Waals surface area contributed by atoms with E-state index in [2.05, 4.69) is 20.9 Å². The van der Waals surface area contributed by atoms with Gasteiger partial charge in [-0.2, -0.15) is 0 Å². The predicted molar refractivity (Wildman–Crippen MR) is 76.0 cm³/mol. The number of nitrogens with zero attached hydrogens (tertiary/aromatic N) is 1. The standard InChI is InChI=1S/C13H14BrNO2S/c1-8-3-11(14)4-10(5-16)13(8)17-6-12-15-9(2)7-18-12/h3-4,7,16H,5-6H2,1-2H3. The zero-order valence-electron chi connectivity index (χ0n) is 10.2. The molecule has 2 rings (SSSR count). The minimum Gasteiger partial charge on any atom is -0.486 e. The maximum absolute atomic E-state index is 9.35. The Kier molecular flexibility index (Phi) is 4.37. The largest absolute Gasteiger partial charge is 0.486 e. The van der Waals surface area contributed by atoms with Crippen molar-refractivity contribution in [2.75, 3.05) is 0 Å². The Balaban J connectivity index is 2.18. The van der Waals surface area contributed by atoms with Crippen LogP contribution in [0.2, 0.25) is 0 Å². The van der Waals surface area contributed by atoms with Crippen molar-refractivity contribution >= 4 is 27.3 Å². The minimum atomic E-state index is -0.0352. The summed E-state index contributed by atoms with van der Waals surface area (Å²) in [6, 6.07) is 3.84. The fourth-order valence-corrected chi connectivity index (χ4v) is 3.03. The SMILES string of the molecule is Cc1csc(COc2c(C)cc(Br)cc2CO)n1. The van der Waals surface area contributed by atoms with Gasteiger partial charge in [0.05, 0.1) is 6.61 Å². The van der Waals surface area contributed by atoms with Gasteiger partial charge in [0.15, 0.2) is 0 Å². The molecule has 0 aliphatic carbocycles. The molecule has 96 valence electrons. The van der Waals surface area contributed by atoms with Gasteiger partial charge in [-0.1, -0.05) is 15.9 Å². The fraction of sp³-hybridized carbons (Fsp3) is 0.308. The molecular formula is C13H14BrNO2S. The molecule has 3 nitrogen and oxygen atoms in total. The molecule has 1 aromatic carbocycles. The molecule has 1 aromatic heterocycles. The van der Waals surface area contributed by atoms with E-state index in [0.29, 0.717) is 6.61 Å². The van der Waals surface area contributed by atoms with E-state index in [-0.39, 0.29) is 6.61 Å². The lowest BCUT2D eigenvalue weighted by molar-refractivity contribution is 0.257. The van der Waals surface area contributed by atoms with Crippen LogP contribution in [0.3, 0.4) is 0 Å². The second-order valence-electron chi connectivity index (χ2n) is 4.04. The quantitative estimate of drug-likeness (QED) is 0.933. The van der Waals surface area contributed by atoms with Gasteiger partial charge in [-0.25, -0.2) is 4.98 Å². The Morgan fingerprint density at radius 3 is 2.78 bits per heavy atom. The first kappa shape index (κ1) is 13.5. The van der Waals surface area contributed by atoms with Gasteiger partial charge >= 0.3 is 0 Å². The number of halogens is 1. The summed E-state index contributed by atoms with van der Waals surface area (Å²) in [5.74, 6) is 0.744. The molecule has 2 aromatic rings. The van der Waals surface area contributed by atoms with Gasteiger partial charge < -0.3 is 9.84 Å². The van der Waals surface area contributed by atoms with Crippen molar-refractivity contribution in [2.24, 2.45) is 0 Å². The van der Waals surface area contributed by atoms with Crippen molar-refractivity contribution in [3.63, 3.8) is 0 Å². The first-order chi connectivity index (χ1) is 8.60. The molecule has 5 heteroatoms. The van der Waals surface area contributed by atoms with Gasteiger partial charge in [0.1, 0.15) is 17.4 Å². The number of aryl methyl sites for hydroxylation is 2. The summed E-state index contributed by atoms with van der Waals surface area (Å²) in [4.78, 5) is 4.35. The Bertz CT molecular complexity index is 554. The van der Waals surface area contributed by atoms with Crippen LogP contribution < -0.4 is 4.74 Å². The van der Waals surface area contributed by atoms with Crippen molar-refractivity contribution in [2.45, 2.75) is 27.1 Å². The van der Waals surface area contributed by atoms with E-state index >= 15 is 0 Å². The monoisotopic (exact) mass is 327 g/mol. The molecule has 0 radical (unpaired) electrons. The van der Waals surface area contributed by atoms with Gasteiger partial charge in [0.25, 0.3) is 0 Å². The first-order valence-electron chi connectivity index (χ1n) is 5.54. The molecule has 18 heavy (non-hydrogen) atoms. The van der Waals surface area contributed by atoms with Crippen LogP contribution in [0.4, 0.5) is 0 Å². The highest BCUT2D eigenvalue weighted by Gasteiger charge is 2.09. The number of aliphatic hydroxyl groups excluding tert-OH is 1. The molecule has 0 aliphatic rings. The summed E-state index contributed by atoms with van der Waals surface area (Å²) in [5, 5.41) is 12.3. The molecule has 0 saturated heterocycles. The van der Waals surface area contributed by atoms with Crippen LogP contribution in [0.5, 0.6) is 5.75 Å². The molecule has 0 fully saturated rings. The highest BCUT2D eigenvalue weighted by atomic mass is 79.9. The maximum atomic E-state index is 9.35. The lowest BCUT2D eigenvalue weighted by Gasteiger charge is -2.12. The Morgan fingerprint density at radius 1 is 1.39 bits per heavy atom. The molecule has 0 saturated carbocycles. The highest BCUT2D eigenvalue weighted by Crippen LogP contribution is 2.29. The maximum Gasteiger partial charge on any atom is 0.140 e. The summed E-state index contributed by atoms with van der Waals surface area (Å²) < 4.78 is 6.73. The van der Waals surface area contributed by atoms with Crippen LogP contribution >= 0.6 is 27.3 Å². The molecule has 1 N–H and O–H groups in total. The van der Waals surface area contributed by atoms with E-state index in [1.807, 2.05) is 31.4 Å². The predicted octanol–water partition coefficient (Wildman–Crippen LogP) is 3.59. The minimum absolute atomic E-state index is 0.0352. The molecule has 0 amide bonds. The summed E-state index contributed by atoms with van der Waals surface area (Å²) in [5.41, 5.74) is 2.80.